The maximum absolute atomic E-state index is 12.7. The summed E-state index contributed by atoms with van der Waals surface area (Å²) in [6, 6.07) is 0. The van der Waals surface area contributed by atoms with Crippen LogP contribution in [0.15, 0.2) is 0 Å². The Balaban J connectivity index is 2.14. The molecule has 0 saturated heterocycles. The monoisotopic (exact) mass is 220 g/mol. The summed E-state index contributed by atoms with van der Waals surface area (Å²) in [5.74, 6) is 2.07. The largest absolute Gasteiger partial charge is 0.298 e. The molecular weight excluding hydrogens is 196 g/mol. The Bertz CT molecular complexity index is 356. The number of rotatable bonds is 0. The van der Waals surface area contributed by atoms with Crippen molar-refractivity contribution in [3.05, 3.63) is 0 Å². The molecule has 3 rings (SSSR count). The van der Waals surface area contributed by atoms with Gasteiger partial charge in [-0.05, 0) is 49.4 Å². The average molecular weight is 220 g/mol. The normalized spacial score (nSPS) is 54.1. The summed E-state index contributed by atoms with van der Waals surface area (Å²) in [5.41, 5.74) is 0.471. The first-order valence-electron chi connectivity index (χ1n) is 6.88. The molecule has 3 aliphatic carbocycles. The molecule has 0 heterocycles. The fourth-order valence-electron chi connectivity index (χ4n) is 5.67. The van der Waals surface area contributed by atoms with Crippen LogP contribution in [0.4, 0.5) is 0 Å². The van der Waals surface area contributed by atoms with Gasteiger partial charge in [0, 0.05) is 10.8 Å². The topological polar surface area (TPSA) is 17.1 Å². The predicted molar refractivity (Wildman–Crippen MR) is 65.1 cm³/mol. The Kier molecular flexibility index (Phi) is 1.85. The summed E-state index contributed by atoms with van der Waals surface area (Å²) in [6.07, 6.45) is 6.28. The van der Waals surface area contributed by atoms with E-state index in [0.29, 0.717) is 17.1 Å². The highest BCUT2D eigenvalue weighted by Crippen LogP contribution is 2.71. The van der Waals surface area contributed by atoms with Gasteiger partial charge in [-0.1, -0.05) is 27.7 Å². The molecule has 0 radical (unpaired) electrons. The predicted octanol–water partition coefficient (Wildman–Crippen LogP) is 3.82. The molecule has 1 nitrogen and oxygen atoms in total. The van der Waals surface area contributed by atoms with Crippen molar-refractivity contribution >= 4 is 5.78 Å². The van der Waals surface area contributed by atoms with Crippen LogP contribution in [0.3, 0.4) is 0 Å². The van der Waals surface area contributed by atoms with Crippen molar-refractivity contribution in [2.75, 3.05) is 0 Å². The minimum Gasteiger partial charge on any atom is -0.298 e. The SMILES string of the molecule is C[C@@H]1CC[C@@H]2C(C)(C)C(=O)[C@]3(C)CC[C@]12C3. The maximum Gasteiger partial charge on any atom is 0.144 e. The van der Waals surface area contributed by atoms with Crippen LogP contribution in [0, 0.1) is 28.1 Å². The van der Waals surface area contributed by atoms with E-state index in [1.807, 2.05) is 0 Å². The first-order valence-corrected chi connectivity index (χ1v) is 6.88. The van der Waals surface area contributed by atoms with Gasteiger partial charge in [-0.25, -0.2) is 0 Å². The molecule has 0 unspecified atom stereocenters. The Morgan fingerprint density at radius 1 is 1.12 bits per heavy atom. The van der Waals surface area contributed by atoms with Gasteiger partial charge >= 0.3 is 0 Å². The third-order valence-electron chi connectivity index (χ3n) is 6.43. The summed E-state index contributed by atoms with van der Waals surface area (Å²) < 4.78 is 0. The minimum absolute atomic E-state index is 0.0125. The highest BCUT2D eigenvalue weighted by atomic mass is 16.1. The zero-order valence-corrected chi connectivity index (χ0v) is 11.1. The highest BCUT2D eigenvalue weighted by Gasteiger charge is 2.67. The smallest absolute Gasteiger partial charge is 0.144 e. The van der Waals surface area contributed by atoms with Gasteiger partial charge in [-0.2, -0.15) is 0 Å². The number of hydrogen-bond donors (Lipinski definition) is 0. The number of ketones is 1. The van der Waals surface area contributed by atoms with Crippen molar-refractivity contribution in [1.82, 2.24) is 0 Å². The second kappa shape index (κ2) is 2.73. The van der Waals surface area contributed by atoms with Crippen LogP contribution < -0.4 is 0 Å². The van der Waals surface area contributed by atoms with Gasteiger partial charge < -0.3 is 0 Å². The fraction of sp³-hybridized carbons (Fsp3) is 0.933. The number of hydrogen-bond acceptors (Lipinski definition) is 1. The highest BCUT2D eigenvalue weighted by molar-refractivity contribution is 5.91. The number of carbonyl (C=O) groups excluding carboxylic acids is 1. The van der Waals surface area contributed by atoms with Gasteiger partial charge in [0.1, 0.15) is 5.78 Å². The molecule has 3 fully saturated rings. The third-order valence-corrected chi connectivity index (χ3v) is 6.43. The second-order valence-electron chi connectivity index (χ2n) is 7.55. The number of Topliss-reactive ketones (excluding diaryl/α,β-unsaturated/α-hetero) is 1. The molecule has 90 valence electrons. The zero-order valence-electron chi connectivity index (χ0n) is 11.1. The molecule has 0 aromatic carbocycles. The lowest BCUT2D eigenvalue weighted by Crippen LogP contribution is -2.51. The Morgan fingerprint density at radius 3 is 2.50 bits per heavy atom. The van der Waals surface area contributed by atoms with Crippen molar-refractivity contribution in [3.8, 4) is 0 Å². The van der Waals surface area contributed by atoms with E-state index in [4.69, 9.17) is 0 Å². The van der Waals surface area contributed by atoms with Crippen molar-refractivity contribution in [2.24, 2.45) is 28.1 Å². The lowest BCUT2D eigenvalue weighted by Gasteiger charge is -2.50. The van der Waals surface area contributed by atoms with Crippen molar-refractivity contribution in [2.45, 2.75) is 59.8 Å². The van der Waals surface area contributed by atoms with E-state index in [0.717, 1.165) is 12.3 Å². The molecule has 16 heavy (non-hydrogen) atoms. The van der Waals surface area contributed by atoms with E-state index in [9.17, 15) is 4.79 Å². The van der Waals surface area contributed by atoms with Gasteiger partial charge in [-0.15, -0.1) is 0 Å². The van der Waals surface area contributed by atoms with Gasteiger partial charge in [-0.3, -0.25) is 4.79 Å². The number of carbonyl (C=O) groups is 1. The van der Waals surface area contributed by atoms with Gasteiger partial charge in [0.2, 0.25) is 0 Å². The van der Waals surface area contributed by atoms with Gasteiger partial charge in [0.05, 0.1) is 0 Å². The lowest BCUT2D eigenvalue weighted by molar-refractivity contribution is -0.148. The molecule has 1 spiro atoms. The summed E-state index contributed by atoms with van der Waals surface area (Å²) in [4.78, 5) is 12.7. The van der Waals surface area contributed by atoms with Crippen molar-refractivity contribution < 1.29 is 4.79 Å². The molecule has 2 bridgehead atoms. The van der Waals surface area contributed by atoms with E-state index in [2.05, 4.69) is 27.7 Å². The quantitative estimate of drug-likeness (QED) is 0.606. The van der Waals surface area contributed by atoms with Crippen LogP contribution in [0.1, 0.15) is 59.8 Å². The molecule has 3 aliphatic rings. The molecule has 0 aromatic rings. The molecule has 0 aromatic heterocycles. The molecule has 3 saturated carbocycles. The molecule has 4 atom stereocenters. The summed E-state index contributed by atoms with van der Waals surface area (Å²) >= 11 is 0. The van der Waals surface area contributed by atoms with Crippen LogP contribution >= 0.6 is 0 Å². The van der Waals surface area contributed by atoms with Crippen LogP contribution in [0.2, 0.25) is 0 Å². The van der Waals surface area contributed by atoms with E-state index < -0.39 is 0 Å². The maximum atomic E-state index is 12.7. The van der Waals surface area contributed by atoms with Crippen molar-refractivity contribution in [1.29, 1.82) is 0 Å². The molecule has 0 N–H and O–H groups in total. The molecule has 0 aliphatic heterocycles. The van der Waals surface area contributed by atoms with E-state index in [-0.39, 0.29) is 10.8 Å². The van der Waals surface area contributed by atoms with E-state index >= 15 is 0 Å². The minimum atomic E-state index is -0.0613. The summed E-state index contributed by atoms with van der Waals surface area (Å²) in [6.45, 7) is 9.09. The Labute approximate surface area is 99.0 Å². The van der Waals surface area contributed by atoms with Crippen molar-refractivity contribution in [3.63, 3.8) is 0 Å². The summed E-state index contributed by atoms with van der Waals surface area (Å²) in [5, 5.41) is 0. The first-order chi connectivity index (χ1) is 7.33. The van der Waals surface area contributed by atoms with Crippen LogP contribution in [0.25, 0.3) is 0 Å². The number of fused-ring (bicyclic) bond motifs is 1. The molecule has 1 heteroatoms. The van der Waals surface area contributed by atoms with Gasteiger partial charge in [0.15, 0.2) is 0 Å². The van der Waals surface area contributed by atoms with Crippen LogP contribution in [-0.2, 0) is 4.79 Å². The van der Waals surface area contributed by atoms with E-state index in [1.54, 1.807) is 0 Å². The van der Waals surface area contributed by atoms with Crippen LogP contribution in [0.5, 0.6) is 0 Å². The zero-order chi connectivity index (χ0) is 11.8. The lowest BCUT2D eigenvalue weighted by atomic mass is 9.52. The Hall–Kier alpha value is -0.330. The Morgan fingerprint density at radius 2 is 1.81 bits per heavy atom. The second-order valence-corrected chi connectivity index (χ2v) is 7.55. The molecule has 0 amide bonds. The van der Waals surface area contributed by atoms with Gasteiger partial charge in [0.25, 0.3) is 0 Å². The fourth-order valence-corrected chi connectivity index (χ4v) is 5.67. The third kappa shape index (κ3) is 0.966. The summed E-state index contributed by atoms with van der Waals surface area (Å²) in [7, 11) is 0. The van der Waals surface area contributed by atoms with E-state index in [1.165, 1.54) is 25.7 Å². The van der Waals surface area contributed by atoms with Crippen LogP contribution in [-0.4, -0.2) is 5.78 Å². The molecular formula is C15H24O. The standard InChI is InChI=1S/C15H24O/c1-10-5-6-11-13(2,3)12(16)14(4)7-8-15(10,11)9-14/h10-11H,5-9H2,1-4H3/t10-,11-,14-,15+/m1/s1. The first kappa shape index (κ1) is 10.8. The average Bonchev–Trinajstić information content (AvgIpc) is 2.69.